The summed E-state index contributed by atoms with van der Waals surface area (Å²) in [6.07, 6.45) is 2.47. The number of carbonyl (C=O) groups excluding carboxylic acids is 1. The molecule has 6 heteroatoms. The topological polar surface area (TPSA) is 52.6 Å². The standard InChI is InChI=1S/C21H27N5O/c1-16-13-22-17(2)21(23-16)25-10-8-24(9-11-25)14-18-12-20(27)26(15-18)19-6-4-3-5-7-19/h3-7,13,18H,8-12,14-15H2,1-2H3/t18-/m0/s1. The Hall–Kier alpha value is -2.47. The zero-order chi connectivity index (χ0) is 18.8. The van der Waals surface area contributed by atoms with Crippen LogP contribution < -0.4 is 9.80 Å². The van der Waals surface area contributed by atoms with Gasteiger partial charge in [0.2, 0.25) is 5.91 Å². The molecule has 2 aliphatic rings. The highest BCUT2D eigenvalue weighted by Crippen LogP contribution is 2.26. The molecule has 2 aromatic rings. The molecule has 4 rings (SSSR count). The molecule has 0 bridgehead atoms. The third kappa shape index (κ3) is 3.95. The Morgan fingerprint density at radius 3 is 2.56 bits per heavy atom. The van der Waals surface area contributed by atoms with Crippen molar-refractivity contribution in [2.24, 2.45) is 5.92 Å². The maximum absolute atomic E-state index is 12.4. The molecule has 0 spiro atoms. The first-order valence-electron chi connectivity index (χ1n) is 9.73. The summed E-state index contributed by atoms with van der Waals surface area (Å²) in [6, 6.07) is 10.0. The summed E-state index contributed by atoms with van der Waals surface area (Å²) in [5.74, 6) is 1.67. The molecule has 3 heterocycles. The van der Waals surface area contributed by atoms with E-state index < -0.39 is 0 Å². The quantitative estimate of drug-likeness (QED) is 0.832. The van der Waals surface area contributed by atoms with Gasteiger partial charge in [-0.15, -0.1) is 0 Å². The van der Waals surface area contributed by atoms with Gasteiger partial charge in [0, 0.05) is 57.6 Å². The summed E-state index contributed by atoms with van der Waals surface area (Å²) in [6.45, 7) is 9.76. The number of carbonyl (C=O) groups is 1. The van der Waals surface area contributed by atoms with Crippen LogP contribution in [-0.2, 0) is 4.79 Å². The molecule has 1 atom stereocenters. The maximum Gasteiger partial charge on any atom is 0.227 e. The number of benzene rings is 1. The van der Waals surface area contributed by atoms with E-state index in [4.69, 9.17) is 0 Å². The van der Waals surface area contributed by atoms with Crippen molar-refractivity contribution < 1.29 is 4.79 Å². The van der Waals surface area contributed by atoms with Gasteiger partial charge in [0.1, 0.15) is 5.82 Å². The number of nitrogens with zero attached hydrogens (tertiary/aromatic N) is 5. The van der Waals surface area contributed by atoms with Crippen LogP contribution in [0, 0.1) is 19.8 Å². The minimum Gasteiger partial charge on any atom is -0.353 e. The first-order valence-corrected chi connectivity index (χ1v) is 9.73. The van der Waals surface area contributed by atoms with Crippen LogP contribution in [0.1, 0.15) is 17.8 Å². The van der Waals surface area contributed by atoms with E-state index in [1.807, 2.05) is 55.3 Å². The van der Waals surface area contributed by atoms with Gasteiger partial charge in [-0.1, -0.05) is 18.2 Å². The average molecular weight is 365 g/mol. The van der Waals surface area contributed by atoms with Crippen LogP contribution in [0.4, 0.5) is 11.5 Å². The predicted molar refractivity (Wildman–Crippen MR) is 107 cm³/mol. The third-order valence-corrected chi connectivity index (χ3v) is 5.51. The van der Waals surface area contributed by atoms with Crippen LogP contribution in [0.2, 0.25) is 0 Å². The normalized spacial score (nSPS) is 21.1. The van der Waals surface area contributed by atoms with Crippen molar-refractivity contribution in [3.8, 4) is 0 Å². The Kier molecular flexibility index (Phi) is 5.07. The molecule has 0 unspecified atom stereocenters. The highest BCUT2D eigenvalue weighted by Gasteiger charge is 2.32. The van der Waals surface area contributed by atoms with Crippen molar-refractivity contribution in [3.05, 3.63) is 47.9 Å². The van der Waals surface area contributed by atoms with E-state index >= 15 is 0 Å². The average Bonchev–Trinajstić information content (AvgIpc) is 3.05. The van der Waals surface area contributed by atoms with Gasteiger partial charge in [0.15, 0.2) is 0 Å². The summed E-state index contributed by atoms with van der Waals surface area (Å²) < 4.78 is 0. The van der Waals surface area contributed by atoms with E-state index in [1.165, 1.54) is 0 Å². The van der Waals surface area contributed by atoms with Crippen LogP contribution in [0.3, 0.4) is 0 Å². The number of amides is 1. The highest BCUT2D eigenvalue weighted by molar-refractivity contribution is 5.95. The van der Waals surface area contributed by atoms with E-state index in [2.05, 4.69) is 19.8 Å². The van der Waals surface area contributed by atoms with Crippen molar-refractivity contribution >= 4 is 17.4 Å². The molecular formula is C21H27N5O. The number of hydrogen-bond acceptors (Lipinski definition) is 5. The van der Waals surface area contributed by atoms with Gasteiger partial charge < -0.3 is 9.80 Å². The fraction of sp³-hybridized carbons (Fsp3) is 0.476. The SMILES string of the molecule is Cc1cnc(C)c(N2CCN(C[C@@H]3CC(=O)N(c4ccccc4)C3)CC2)n1. The van der Waals surface area contributed by atoms with Crippen molar-refractivity contribution in [1.82, 2.24) is 14.9 Å². The van der Waals surface area contributed by atoms with Gasteiger partial charge in [-0.3, -0.25) is 14.7 Å². The smallest absolute Gasteiger partial charge is 0.227 e. The van der Waals surface area contributed by atoms with Gasteiger partial charge in [-0.25, -0.2) is 4.98 Å². The molecule has 6 nitrogen and oxygen atoms in total. The number of aromatic nitrogens is 2. The Balaban J connectivity index is 1.32. The molecule has 1 aromatic heterocycles. The molecule has 142 valence electrons. The van der Waals surface area contributed by atoms with Gasteiger partial charge in [-0.2, -0.15) is 0 Å². The summed E-state index contributed by atoms with van der Waals surface area (Å²) in [4.78, 5) is 28.3. The molecule has 2 aliphatic heterocycles. The Bertz CT molecular complexity index is 801. The predicted octanol–water partition coefficient (Wildman–Crippen LogP) is 2.27. The highest BCUT2D eigenvalue weighted by atomic mass is 16.2. The minimum atomic E-state index is 0.246. The number of anilines is 2. The Morgan fingerprint density at radius 1 is 1.07 bits per heavy atom. The van der Waals surface area contributed by atoms with Gasteiger partial charge in [0.05, 0.1) is 11.4 Å². The van der Waals surface area contributed by atoms with Crippen LogP contribution in [0.15, 0.2) is 36.5 Å². The Labute approximate surface area is 160 Å². The fourth-order valence-corrected chi connectivity index (χ4v) is 4.09. The largest absolute Gasteiger partial charge is 0.353 e. The summed E-state index contributed by atoms with van der Waals surface area (Å²) in [5, 5.41) is 0. The summed E-state index contributed by atoms with van der Waals surface area (Å²) >= 11 is 0. The van der Waals surface area contributed by atoms with Gasteiger partial charge in [0.25, 0.3) is 0 Å². The zero-order valence-electron chi connectivity index (χ0n) is 16.1. The molecule has 0 saturated carbocycles. The number of para-hydroxylation sites is 1. The second kappa shape index (κ2) is 7.64. The molecule has 0 radical (unpaired) electrons. The van der Waals surface area contributed by atoms with Gasteiger partial charge in [-0.05, 0) is 31.9 Å². The van der Waals surface area contributed by atoms with E-state index in [-0.39, 0.29) is 5.91 Å². The lowest BCUT2D eigenvalue weighted by atomic mass is 10.1. The van der Waals surface area contributed by atoms with Crippen LogP contribution in [0.5, 0.6) is 0 Å². The minimum absolute atomic E-state index is 0.246. The van der Waals surface area contributed by atoms with Crippen molar-refractivity contribution in [3.63, 3.8) is 0 Å². The van der Waals surface area contributed by atoms with E-state index in [0.29, 0.717) is 12.3 Å². The second-order valence-corrected chi connectivity index (χ2v) is 7.62. The first kappa shape index (κ1) is 17.9. The zero-order valence-corrected chi connectivity index (χ0v) is 16.1. The number of rotatable bonds is 4. The van der Waals surface area contributed by atoms with E-state index in [9.17, 15) is 4.79 Å². The molecule has 0 aliphatic carbocycles. The fourth-order valence-electron chi connectivity index (χ4n) is 4.09. The van der Waals surface area contributed by atoms with Crippen molar-refractivity contribution in [2.75, 3.05) is 49.1 Å². The molecule has 2 saturated heterocycles. The summed E-state index contributed by atoms with van der Waals surface area (Å²) in [7, 11) is 0. The molecular weight excluding hydrogens is 338 g/mol. The van der Waals surface area contributed by atoms with Crippen molar-refractivity contribution in [2.45, 2.75) is 20.3 Å². The van der Waals surface area contributed by atoms with Gasteiger partial charge >= 0.3 is 0 Å². The van der Waals surface area contributed by atoms with Crippen molar-refractivity contribution in [1.29, 1.82) is 0 Å². The molecule has 27 heavy (non-hydrogen) atoms. The molecule has 1 aromatic carbocycles. The number of hydrogen-bond donors (Lipinski definition) is 0. The Morgan fingerprint density at radius 2 is 1.81 bits per heavy atom. The lowest BCUT2D eigenvalue weighted by Crippen LogP contribution is -2.48. The van der Waals surface area contributed by atoms with Crippen LogP contribution in [0.25, 0.3) is 0 Å². The van der Waals surface area contributed by atoms with Crippen LogP contribution in [-0.4, -0.2) is 60.0 Å². The molecule has 0 N–H and O–H groups in total. The van der Waals surface area contributed by atoms with Crippen LogP contribution >= 0.6 is 0 Å². The molecule has 1 amide bonds. The lowest BCUT2D eigenvalue weighted by molar-refractivity contribution is -0.117. The number of piperazine rings is 1. The third-order valence-electron chi connectivity index (χ3n) is 5.51. The monoisotopic (exact) mass is 365 g/mol. The van der Waals surface area contributed by atoms with E-state index in [0.717, 1.165) is 62.2 Å². The maximum atomic E-state index is 12.4. The lowest BCUT2D eigenvalue weighted by Gasteiger charge is -2.36. The first-order chi connectivity index (χ1) is 13.1. The number of aryl methyl sites for hydroxylation is 2. The summed E-state index contributed by atoms with van der Waals surface area (Å²) in [5.41, 5.74) is 2.97. The van der Waals surface area contributed by atoms with E-state index in [1.54, 1.807) is 0 Å². The second-order valence-electron chi connectivity index (χ2n) is 7.62. The molecule has 2 fully saturated rings.